The van der Waals surface area contributed by atoms with E-state index in [0.29, 0.717) is 11.4 Å². The molecule has 4 aromatic rings. The molecule has 162 valence electrons. The molecule has 0 atom stereocenters. The predicted molar refractivity (Wildman–Crippen MR) is 119 cm³/mol. The van der Waals surface area contributed by atoms with Crippen LogP contribution in [0.15, 0.2) is 48.5 Å². The smallest absolute Gasteiger partial charge is 0.167 e. The summed E-state index contributed by atoms with van der Waals surface area (Å²) in [4.78, 5) is 13.5. The van der Waals surface area contributed by atoms with Gasteiger partial charge in [-0.1, -0.05) is 0 Å². The Hall–Kier alpha value is -4.33. The molecule has 0 fully saturated rings. The summed E-state index contributed by atoms with van der Waals surface area (Å²) in [7, 11) is 1.61. The highest BCUT2D eigenvalue weighted by Gasteiger charge is 2.18. The first-order valence-electron chi connectivity index (χ1n) is 9.73. The SMILES string of the molecule is COc1c(C)cc(-c2nc(-c3ccc(O)cc3O)nc(-c3ccc(O)cc3O)n2)cc1C. The van der Waals surface area contributed by atoms with Gasteiger partial charge in [-0.2, -0.15) is 0 Å². The average Bonchev–Trinajstić information content (AvgIpc) is 2.73. The molecule has 1 aromatic heterocycles. The molecule has 0 spiro atoms. The highest BCUT2D eigenvalue weighted by molar-refractivity contribution is 5.73. The summed E-state index contributed by atoms with van der Waals surface area (Å²) in [5.41, 5.74) is 3.06. The number of aryl methyl sites for hydroxylation is 2. The zero-order chi connectivity index (χ0) is 23.0. The van der Waals surface area contributed by atoms with Crippen LogP contribution in [0.3, 0.4) is 0 Å². The number of nitrogens with zero attached hydrogens (tertiary/aromatic N) is 3. The fourth-order valence-corrected chi connectivity index (χ4v) is 3.57. The molecule has 0 aliphatic carbocycles. The van der Waals surface area contributed by atoms with Gasteiger partial charge < -0.3 is 25.2 Å². The van der Waals surface area contributed by atoms with Crippen LogP contribution < -0.4 is 4.74 Å². The number of ether oxygens (including phenoxy) is 1. The fraction of sp³-hybridized carbons (Fsp3) is 0.125. The van der Waals surface area contributed by atoms with Crippen molar-refractivity contribution in [3.05, 3.63) is 59.7 Å². The second-order valence-electron chi connectivity index (χ2n) is 7.35. The number of aromatic hydroxyl groups is 4. The number of methoxy groups -OCH3 is 1. The Balaban J connectivity index is 1.98. The molecule has 0 amide bonds. The molecule has 1 heterocycles. The van der Waals surface area contributed by atoms with Gasteiger partial charge in [-0.3, -0.25) is 0 Å². The summed E-state index contributed by atoms with van der Waals surface area (Å²) in [6.07, 6.45) is 0. The third kappa shape index (κ3) is 3.85. The second-order valence-corrected chi connectivity index (χ2v) is 7.35. The third-order valence-corrected chi connectivity index (χ3v) is 5.00. The van der Waals surface area contributed by atoms with Crippen molar-refractivity contribution in [3.63, 3.8) is 0 Å². The number of hydrogen-bond donors (Lipinski definition) is 4. The normalized spacial score (nSPS) is 10.8. The van der Waals surface area contributed by atoms with Crippen LogP contribution in [-0.2, 0) is 0 Å². The van der Waals surface area contributed by atoms with Gasteiger partial charge in [0, 0.05) is 17.7 Å². The molecule has 3 aromatic carbocycles. The van der Waals surface area contributed by atoms with Crippen molar-refractivity contribution in [2.45, 2.75) is 13.8 Å². The number of benzene rings is 3. The van der Waals surface area contributed by atoms with E-state index in [2.05, 4.69) is 15.0 Å². The number of phenolic OH excluding ortho intramolecular Hbond substituents is 4. The van der Waals surface area contributed by atoms with Gasteiger partial charge in [-0.15, -0.1) is 0 Å². The summed E-state index contributed by atoms with van der Waals surface area (Å²) < 4.78 is 5.44. The van der Waals surface area contributed by atoms with Crippen LogP contribution in [0.2, 0.25) is 0 Å². The highest BCUT2D eigenvalue weighted by atomic mass is 16.5. The largest absolute Gasteiger partial charge is 0.508 e. The number of rotatable bonds is 4. The van der Waals surface area contributed by atoms with Crippen molar-refractivity contribution in [2.24, 2.45) is 0 Å². The molecule has 0 aliphatic rings. The van der Waals surface area contributed by atoms with Crippen LogP contribution in [0.25, 0.3) is 34.2 Å². The van der Waals surface area contributed by atoms with Crippen LogP contribution >= 0.6 is 0 Å². The first-order valence-corrected chi connectivity index (χ1v) is 9.73. The van der Waals surface area contributed by atoms with Gasteiger partial charge >= 0.3 is 0 Å². The maximum Gasteiger partial charge on any atom is 0.167 e. The van der Waals surface area contributed by atoms with Crippen LogP contribution in [0.4, 0.5) is 0 Å². The van der Waals surface area contributed by atoms with Crippen molar-refractivity contribution >= 4 is 0 Å². The lowest BCUT2D eigenvalue weighted by atomic mass is 10.0. The van der Waals surface area contributed by atoms with Crippen molar-refractivity contribution in [1.29, 1.82) is 0 Å². The Morgan fingerprint density at radius 3 is 1.47 bits per heavy atom. The minimum Gasteiger partial charge on any atom is -0.508 e. The fourth-order valence-electron chi connectivity index (χ4n) is 3.57. The first-order chi connectivity index (χ1) is 15.3. The summed E-state index contributed by atoms with van der Waals surface area (Å²) in [6, 6.07) is 12.0. The first kappa shape index (κ1) is 20.9. The van der Waals surface area contributed by atoms with Gasteiger partial charge in [0.25, 0.3) is 0 Å². The monoisotopic (exact) mass is 431 g/mol. The summed E-state index contributed by atoms with van der Waals surface area (Å²) >= 11 is 0. The minimum absolute atomic E-state index is 0.0988. The Morgan fingerprint density at radius 2 is 1.06 bits per heavy atom. The lowest BCUT2D eigenvalue weighted by molar-refractivity contribution is 0.408. The van der Waals surface area contributed by atoms with Gasteiger partial charge in [0.1, 0.15) is 28.7 Å². The molecule has 32 heavy (non-hydrogen) atoms. The summed E-state index contributed by atoms with van der Waals surface area (Å²) in [6.45, 7) is 3.83. The van der Waals surface area contributed by atoms with Crippen molar-refractivity contribution < 1.29 is 25.2 Å². The zero-order valence-electron chi connectivity index (χ0n) is 17.7. The third-order valence-electron chi connectivity index (χ3n) is 5.00. The Morgan fingerprint density at radius 1 is 0.625 bits per heavy atom. The topological polar surface area (TPSA) is 129 Å². The van der Waals surface area contributed by atoms with Crippen LogP contribution in [0, 0.1) is 13.8 Å². The maximum absolute atomic E-state index is 10.4. The number of hydrogen-bond acceptors (Lipinski definition) is 8. The molecule has 0 unspecified atom stereocenters. The maximum atomic E-state index is 10.4. The van der Waals surface area contributed by atoms with Crippen LogP contribution in [-0.4, -0.2) is 42.5 Å². The Bertz CT molecular complexity index is 1240. The molecule has 8 heteroatoms. The zero-order valence-corrected chi connectivity index (χ0v) is 17.7. The van der Waals surface area contributed by atoms with E-state index in [1.165, 1.54) is 36.4 Å². The molecule has 4 rings (SSSR count). The molecular formula is C24H21N3O5. The molecule has 8 nitrogen and oxygen atoms in total. The van der Waals surface area contributed by atoms with Gasteiger partial charge in [0.2, 0.25) is 0 Å². The Labute approximate surface area is 184 Å². The standard InChI is InChI=1S/C24H21N3O5/c1-12-8-14(9-13(2)21(12)32-3)22-25-23(17-6-4-15(28)10-19(17)30)27-24(26-22)18-7-5-16(29)11-20(18)31/h4-11,28-31H,1-3H3. The molecule has 0 radical (unpaired) electrons. The molecule has 0 aliphatic heterocycles. The lowest BCUT2D eigenvalue weighted by Gasteiger charge is -2.13. The van der Waals surface area contributed by atoms with E-state index in [-0.39, 0.29) is 45.8 Å². The van der Waals surface area contributed by atoms with E-state index in [1.54, 1.807) is 7.11 Å². The van der Waals surface area contributed by atoms with Crippen molar-refractivity contribution in [3.8, 4) is 62.9 Å². The number of phenols is 4. The van der Waals surface area contributed by atoms with Gasteiger partial charge in [0.15, 0.2) is 17.5 Å². The molecule has 0 saturated carbocycles. The second kappa shape index (κ2) is 8.07. The summed E-state index contributed by atoms with van der Waals surface area (Å²) in [5, 5.41) is 40.0. The van der Waals surface area contributed by atoms with E-state index in [1.807, 2.05) is 26.0 Å². The molecular weight excluding hydrogens is 410 g/mol. The quantitative estimate of drug-likeness (QED) is 0.376. The van der Waals surface area contributed by atoms with Crippen LogP contribution in [0.5, 0.6) is 28.7 Å². The number of aromatic nitrogens is 3. The predicted octanol–water partition coefficient (Wildman–Crippen LogP) is 4.32. The van der Waals surface area contributed by atoms with Gasteiger partial charge in [-0.05, 0) is 61.4 Å². The van der Waals surface area contributed by atoms with Crippen molar-refractivity contribution in [1.82, 2.24) is 15.0 Å². The summed E-state index contributed by atoms with van der Waals surface area (Å²) in [5.74, 6) is 0.781. The molecule has 0 bridgehead atoms. The van der Waals surface area contributed by atoms with E-state index in [9.17, 15) is 20.4 Å². The average molecular weight is 431 g/mol. The minimum atomic E-state index is -0.204. The van der Waals surface area contributed by atoms with Crippen LogP contribution in [0.1, 0.15) is 11.1 Å². The lowest BCUT2D eigenvalue weighted by Crippen LogP contribution is -2.01. The molecule has 0 saturated heterocycles. The van der Waals surface area contributed by atoms with E-state index >= 15 is 0 Å². The van der Waals surface area contributed by atoms with Crippen molar-refractivity contribution in [2.75, 3.05) is 7.11 Å². The Kier molecular flexibility index (Phi) is 5.28. The van der Waals surface area contributed by atoms with Gasteiger partial charge in [0.05, 0.1) is 18.2 Å². The van der Waals surface area contributed by atoms with E-state index in [4.69, 9.17) is 4.74 Å². The highest BCUT2D eigenvalue weighted by Crippen LogP contribution is 2.36. The van der Waals surface area contributed by atoms with E-state index in [0.717, 1.165) is 16.9 Å². The molecule has 4 N–H and O–H groups in total. The van der Waals surface area contributed by atoms with Gasteiger partial charge in [-0.25, -0.2) is 15.0 Å². The van der Waals surface area contributed by atoms with E-state index < -0.39 is 0 Å².